The Hall–Kier alpha value is -0.980. The first kappa shape index (κ1) is 14.4. The van der Waals surface area contributed by atoms with E-state index in [1.165, 1.54) is 16.2 Å². The minimum Gasteiger partial charge on any atom is -0.341 e. The number of hydrogen-bond donors (Lipinski definition) is 1. The van der Waals surface area contributed by atoms with Gasteiger partial charge < -0.3 is 9.88 Å². The number of carbonyl (C=O) groups is 1. The molecular weight excluding hydrogens is 296 g/mol. The molecule has 0 aliphatic heterocycles. The molecule has 1 unspecified atom stereocenters. The fourth-order valence-corrected chi connectivity index (χ4v) is 3.91. The normalized spacial score (nSPS) is 12.4. The van der Waals surface area contributed by atoms with Crippen molar-refractivity contribution in [3.05, 3.63) is 36.9 Å². The molecule has 0 radical (unpaired) electrons. The molecule has 0 aliphatic carbocycles. The third-order valence-electron chi connectivity index (χ3n) is 3.16. The Bertz CT molecular complexity index is 612. The lowest BCUT2D eigenvalue weighted by molar-refractivity contribution is -0.130. The summed E-state index contributed by atoms with van der Waals surface area (Å²) >= 11 is 8.26. The van der Waals surface area contributed by atoms with Gasteiger partial charge in [0.05, 0.1) is 12.5 Å². The van der Waals surface area contributed by atoms with Gasteiger partial charge in [0.1, 0.15) is 0 Å². The van der Waals surface area contributed by atoms with Crippen molar-refractivity contribution in [1.82, 2.24) is 9.88 Å². The van der Waals surface area contributed by atoms with Crippen LogP contribution < -0.4 is 0 Å². The van der Waals surface area contributed by atoms with Crippen LogP contribution in [0.5, 0.6) is 0 Å². The van der Waals surface area contributed by atoms with E-state index in [1.807, 2.05) is 25.4 Å². The molecule has 19 heavy (non-hydrogen) atoms. The van der Waals surface area contributed by atoms with E-state index in [4.69, 9.17) is 12.2 Å². The second-order valence-electron chi connectivity index (χ2n) is 4.44. The summed E-state index contributed by atoms with van der Waals surface area (Å²) in [6.07, 6.45) is 0.413. The standard InChI is InChI=1S/C13H16N2OS3/c1-8-11(19-13(17)14-8)7-12(16)15(3)9(2)10-5-4-6-18-10/h4-6,9H,7H2,1-3H3,(H,14,17). The number of carbonyl (C=O) groups excluding carboxylic acids is 1. The maximum Gasteiger partial charge on any atom is 0.228 e. The minimum atomic E-state index is 0.111. The van der Waals surface area contributed by atoms with Crippen molar-refractivity contribution in [3.63, 3.8) is 0 Å². The highest BCUT2D eigenvalue weighted by atomic mass is 32.1. The maximum absolute atomic E-state index is 12.3. The molecule has 0 saturated carbocycles. The number of aryl methyl sites for hydroxylation is 1. The lowest BCUT2D eigenvalue weighted by Crippen LogP contribution is -2.30. The molecule has 0 aromatic carbocycles. The molecule has 3 nitrogen and oxygen atoms in total. The Morgan fingerprint density at radius 3 is 2.84 bits per heavy atom. The van der Waals surface area contributed by atoms with E-state index in [0.29, 0.717) is 6.42 Å². The molecular formula is C13H16N2OS3. The van der Waals surface area contributed by atoms with Crippen molar-refractivity contribution in [2.24, 2.45) is 0 Å². The molecule has 1 N–H and O–H groups in total. The largest absolute Gasteiger partial charge is 0.341 e. The zero-order valence-corrected chi connectivity index (χ0v) is 13.5. The van der Waals surface area contributed by atoms with Crippen LogP contribution >= 0.6 is 34.9 Å². The summed E-state index contributed by atoms with van der Waals surface area (Å²) in [4.78, 5) is 19.4. The molecule has 2 aromatic rings. The highest BCUT2D eigenvalue weighted by Gasteiger charge is 2.19. The monoisotopic (exact) mass is 312 g/mol. The number of hydrogen-bond acceptors (Lipinski definition) is 4. The number of amides is 1. The summed E-state index contributed by atoms with van der Waals surface area (Å²) in [5.41, 5.74) is 1.00. The SMILES string of the molecule is Cc1[nH]c(=S)sc1CC(=O)N(C)C(C)c1cccs1. The molecule has 1 amide bonds. The van der Waals surface area contributed by atoms with Gasteiger partial charge in [-0.3, -0.25) is 4.79 Å². The van der Waals surface area contributed by atoms with Gasteiger partial charge in [-0.2, -0.15) is 0 Å². The minimum absolute atomic E-state index is 0.111. The van der Waals surface area contributed by atoms with Crippen LogP contribution in [0.1, 0.15) is 28.4 Å². The molecule has 0 spiro atoms. The molecule has 2 aromatic heterocycles. The molecule has 2 heterocycles. The van der Waals surface area contributed by atoms with Gasteiger partial charge in [-0.25, -0.2) is 0 Å². The smallest absolute Gasteiger partial charge is 0.228 e. The lowest BCUT2D eigenvalue weighted by Gasteiger charge is -2.24. The van der Waals surface area contributed by atoms with E-state index in [-0.39, 0.29) is 11.9 Å². The number of nitrogens with one attached hydrogen (secondary N) is 1. The van der Waals surface area contributed by atoms with Crippen molar-refractivity contribution in [2.45, 2.75) is 26.3 Å². The molecule has 6 heteroatoms. The number of aromatic nitrogens is 1. The average Bonchev–Trinajstić information content (AvgIpc) is 2.98. The molecule has 1 atom stereocenters. The first-order chi connectivity index (χ1) is 8.99. The van der Waals surface area contributed by atoms with Gasteiger partial charge in [-0.05, 0) is 37.5 Å². The summed E-state index contributed by atoms with van der Waals surface area (Å²) in [7, 11) is 1.86. The van der Waals surface area contributed by atoms with Crippen LogP contribution in [0.25, 0.3) is 0 Å². The maximum atomic E-state index is 12.3. The Morgan fingerprint density at radius 2 is 2.32 bits per heavy atom. The third-order valence-corrected chi connectivity index (χ3v) is 5.54. The Balaban J connectivity index is 2.07. The Labute approximate surface area is 125 Å². The predicted octanol–water partition coefficient (Wildman–Crippen LogP) is 3.94. The van der Waals surface area contributed by atoms with Crippen molar-refractivity contribution in [2.75, 3.05) is 7.05 Å². The molecule has 0 saturated heterocycles. The van der Waals surface area contributed by atoms with Gasteiger partial charge in [-0.15, -0.1) is 22.7 Å². The van der Waals surface area contributed by atoms with Crippen LogP contribution in [0.3, 0.4) is 0 Å². The van der Waals surface area contributed by atoms with Crippen LogP contribution in [0, 0.1) is 10.9 Å². The zero-order valence-electron chi connectivity index (χ0n) is 11.1. The second kappa shape index (κ2) is 5.98. The summed E-state index contributed by atoms with van der Waals surface area (Å²) in [6, 6.07) is 4.18. The van der Waals surface area contributed by atoms with Gasteiger partial charge in [-0.1, -0.05) is 6.07 Å². The number of thiophene rings is 1. The highest BCUT2D eigenvalue weighted by Crippen LogP contribution is 2.24. The number of aromatic amines is 1. The number of H-pyrrole nitrogens is 1. The molecule has 2 rings (SSSR count). The van der Waals surface area contributed by atoms with Crippen LogP contribution in [-0.2, 0) is 11.2 Å². The molecule has 0 bridgehead atoms. The quantitative estimate of drug-likeness (QED) is 0.868. The van der Waals surface area contributed by atoms with Crippen molar-refractivity contribution in [3.8, 4) is 0 Å². The molecule has 0 aliphatic rings. The first-order valence-electron chi connectivity index (χ1n) is 5.96. The Kier molecular flexibility index (Phi) is 4.54. The van der Waals surface area contributed by atoms with Crippen LogP contribution in [-0.4, -0.2) is 22.8 Å². The number of nitrogens with zero attached hydrogens (tertiary/aromatic N) is 1. The fraction of sp³-hybridized carbons (Fsp3) is 0.385. The van der Waals surface area contributed by atoms with E-state index in [0.717, 1.165) is 14.5 Å². The van der Waals surface area contributed by atoms with Gasteiger partial charge in [0.2, 0.25) is 5.91 Å². The fourth-order valence-electron chi connectivity index (χ4n) is 1.80. The number of rotatable bonds is 4. The van der Waals surface area contributed by atoms with E-state index in [9.17, 15) is 4.79 Å². The summed E-state index contributed by atoms with van der Waals surface area (Å²) in [5, 5.41) is 2.03. The van der Waals surface area contributed by atoms with Gasteiger partial charge in [0.25, 0.3) is 0 Å². The summed E-state index contributed by atoms with van der Waals surface area (Å²) in [5.74, 6) is 0.120. The van der Waals surface area contributed by atoms with Crippen LogP contribution in [0.2, 0.25) is 0 Å². The third kappa shape index (κ3) is 3.32. The van der Waals surface area contributed by atoms with Crippen molar-refractivity contribution < 1.29 is 4.79 Å². The second-order valence-corrected chi connectivity index (χ2v) is 7.19. The Morgan fingerprint density at radius 1 is 1.58 bits per heavy atom. The van der Waals surface area contributed by atoms with Crippen LogP contribution in [0.4, 0.5) is 0 Å². The van der Waals surface area contributed by atoms with Crippen LogP contribution in [0.15, 0.2) is 17.5 Å². The van der Waals surface area contributed by atoms with E-state index in [1.54, 1.807) is 16.2 Å². The van der Waals surface area contributed by atoms with Gasteiger partial charge >= 0.3 is 0 Å². The summed E-state index contributed by atoms with van der Waals surface area (Å²) < 4.78 is 0.731. The lowest BCUT2D eigenvalue weighted by atomic mass is 10.2. The van der Waals surface area contributed by atoms with Gasteiger partial charge in [0, 0.05) is 22.5 Å². The molecule has 0 fully saturated rings. The van der Waals surface area contributed by atoms with Gasteiger partial charge in [0.15, 0.2) is 3.95 Å². The van der Waals surface area contributed by atoms with Crippen molar-refractivity contribution in [1.29, 1.82) is 0 Å². The van der Waals surface area contributed by atoms with Crippen molar-refractivity contribution >= 4 is 40.8 Å². The van der Waals surface area contributed by atoms with E-state index in [2.05, 4.69) is 18.0 Å². The highest BCUT2D eigenvalue weighted by molar-refractivity contribution is 7.73. The summed E-state index contributed by atoms with van der Waals surface area (Å²) in [6.45, 7) is 4.01. The predicted molar refractivity (Wildman–Crippen MR) is 83.4 cm³/mol. The van der Waals surface area contributed by atoms with E-state index < -0.39 is 0 Å². The average molecular weight is 312 g/mol. The topological polar surface area (TPSA) is 36.1 Å². The number of likely N-dealkylation sites (N-methyl/N-ethyl adjacent to an activating group) is 1. The molecule has 102 valence electrons. The van der Waals surface area contributed by atoms with E-state index >= 15 is 0 Å². The zero-order chi connectivity index (χ0) is 14.0. The number of thiazole rings is 1. The first-order valence-corrected chi connectivity index (χ1v) is 8.07.